The lowest BCUT2D eigenvalue weighted by Crippen LogP contribution is -2.35. The molecule has 0 bridgehead atoms. The number of nitrogens with one attached hydrogen (secondary N) is 1. The molecule has 3 aromatic rings. The van der Waals surface area contributed by atoms with Gasteiger partial charge in [-0.3, -0.25) is 0 Å². The van der Waals surface area contributed by atoms with Crippen molar-refractivity contribution in [3.63, 3.8) is 0 Å². The second-order valence-corrected chi connectivity index (χ2v) is 8.13. The molecular weight excluding hydrogens is 401 g/mol. The first-order valence-corrected chi connectivity index (χ1v) is 10.2. The highest BCUT2D eigenvalue weighted by molar-refractivity contribution is 5.79. The molecule has 8 nitrogen and oxygen atoms in total. The van der Waals surface area contributed by atoms with Gasteiger partial charge < -0.3 is 24.8 Å². The number of hydrogen-bond donors (Lipinski definition) is 3. The summed E-state index contributed by atoms with van der Waals surface area (Å²) < 4.78 is 22.3. The van der Waals surface area contributed by atoms with Gasteiger partial charge in [-0.1, -0.05) is 0 Å². The molecule has 1 aliphatic carbocycles. The summed E-state index contributed by atoms with van der Waals surface area (Å²) in [5, 5.41) is 34.4. The average Bonchev–Trinajstić information content (AvgIpc) is 3.25. The second kappa shape index (κ2) is 7.57. The lowest BCUT2D eigenvalue weighted by Gasteiger charge is -2.24. The third kappa shape index (κ3) is 3.24. The van der Waals surface area contributed by atoms with Crippen molar-refractivity contribution >= 4 is 11.0 Å². The molecule has 2 aliphatic rings. The van der Waals surface area contributed by atoms with Gasteiger partial charge in [-0.2, -0.15) is 5.26 Å². The van der Waals surface area contributed by atoms with Gasteiger partial charge in [-0.15, -0.1) is 0 Å². The van der Waals surface area contributed by atoms with Crippen LogP contribution in [0.25, 0.3) is 11.0 Å². The molecule has 5 rings (SSSR count). The summed E-state index contributed by atoms with van der Waals surface area (Å²) in [7, 11) is 0. The largest absolute Gasteiger partial charge is 0.487 e. The Morgan fingerprint density at radius 2 is 2.13 bits per heavy atom. The number of aromatic nitrogens is 3. The normalized spacial score (nSPS) is 25.4. The fourth-order valence-corrected chi connectivity index (χ4v) is 4.69. The van der Waals surface area contributed by atoms with Crippen molar-refractivity contribution in [1.29, 1.82) is 5.26 Å². The summed E-state index contributed by atoms with van der Waals surface area (Å²) in [5.41, 5.74) is 3.37. The Hall–Kier alpha value is -3.06. The van der Waals surface area contributed by atoms with E-state index in [4.69, 9.17) is 4.74 Å². The molecular formula is C22H22FN5O3. The number of aliphatic hydroxyl groups is 2. The molecule has 4 atom stereocenters. The molecule has 0 unspecified atom stereocenters. The Labute approximate surface area is 177 Å². The van der Waals surface area contributed by atoms with Crippen LogP contribution in [0.1, 0.15) is 34.8 Å². The van der Waals surface area contributed by atoms with Crippen LogP contribution >= 0.6 is 0 Å². The molecule has 0 radical (unpaired) electrons. The monoisotopic (exact) mass is 423 g/mol. The molecule has 31 heavy (non-hydrogen) atoms. The van der Waals surface area contributed by atoms with Crippen LogP contribution in [0.3, 0.4) is 0 Å². The van der Waals surface area contributed by atoms with Gasteiger partial charge in [0.05, 0.1) is 28.8 Å². The molecule has 160 valence electrons. The molecule has 9 heteroatoms. The summed E-state index contributed by atoms with van der Waals surface area (Å²) in [6.07, 6.45) is 0.628. The predicted octanol–water partition coefficient (Wildman–Crippen LogP) is 1.51. The standard InChI is InChI=1S/C22H22FN5O3/c1-11-19-15(23)9-28(22(19)27-10-26-11)16-6-18(21(30)20(16)29)31-17-5-12(7-24)4-13-2-3-25-8-14(13)17/h4-5,9-10,16,18,20-21,25,29-30H,2-3,6,8H2,1H3/t16-,18+,20+,21-/m1/s1. The third-order valence-electron chi connectivity index (χ3n) is 6.29. The quantitative estimate of drug-likeness (QED) is 0.585. The van der Waals surface area contributed by atoms with Gasteiger partial charge in [0, 0.05) is 24.7 Å². The zero-order valence-corrected chi connectivity index (χ0v) is 16.9. The second-order valence-electron chi connectivity index (χ2n) is 8.13. The molecule has 1 saturated carbocycles. The predicted molar refractivity (Wildman–Crippen MR) is 109 cm³/mol. The maximum atomic E-state index is 14.5. The first-order valence-electron chi connectivity index (χ1n) is 10.2. The van der Waals surface area contributed by atoms with Crippen LogP contribution in [0.2, 0.25) is 0 Å². The first kappa shape index (κ1) is 19.9. The smallest absolute Gasteiger partial charge is 0.152 e. The number of nitriles is 1. The summed E-state index contributed by atoms with van der Waals surface area (Å²) in [6.45, 7) is 3.12. The van der Waals surface area contributed by atoms with Gasteiger partial charge in [-0.25, -0.2) is 14.4 Å². The van der Waals surface area contributed by atoms with Crippen molar-refractivity contribution < 1.29 is 19.3 Å². The Bertz CT molecular complexity index is 1200. The van der Waals surface area contributed by atoms with Gasteiger partial charge >= 0.3 is 0 Å². The summed E-state index contributed by atoms with van der Waals surface area (Å²) >= 11 is 0. The van der Waals surface area contributed by atoms with E-state index in [0.717, 1.165) is 24.1 Å². The van der Waals surface area contributed by atoms with Crippen LogP contribution in [-0.2, 0) is 13.0 Å². The minimum absolute atomic E-state index is 0.258. The highest BCUT2D eigenvalue weighted by atomic mass is 19.1. The summed E-state index contributed by atoms with van der Waals surface area (Å²) in [4.78, 5) is 8.23. The number of ether oxygens (including phenoxy) is 1. The zero-order valence-electron chi connectivity index (χ0n) is 16.9. The van der Waals surface area contributed by atoms with Crippen LogP contribution in [0.5, 0.6) is 5.75 Å². The topological polar surface area (TPSA) is 116 Å². The van der Waals surface area contributed by atoms with E-state index in [1.807, 2.05) is 6.07 Å². The van der Waals surface area contributed by atoms with Crippen LogP contribution in [0.4, 0.5) is 4.39 Å². The SMILES string of the molecule is Cc1ncnc2c1c(F)cn2[C@@H]1C[C@H](Oc2cc(C#N)cc3c2CNCC3)[C@@H](O)[C@H]1O. The Kier molecular flexibility index (Phi) is 4.85. The Balaban J connectivity index is 1.48. The number of nitrogens with zero attached hydrogens (tertiary/aromatic N) is 4. The Morgan fingerprint density at radius 3 is 2.94 bits per heavy atom. The van der Waals surface area contributed by atoms with E-state index in [9.17, 15) is 19.9 Å². The average molecular weight is 423 g/mol. The molecule has 0 saturated heterocycles. The highest BCUT2D eigenvalue weighted by Crippen LogP contribution is 2.38. The molecule has 3 heterocycles. The van der Waals surface area contributed by atoms with Crippen LogP contribution in [0, 0.1) is 24.1 Å². The van der Waals surface area contributed by atoms with Crippen molar-refractivity contribution in [3.8, 4) is 11.8 Å². The van der Waals surface area contributed by atoms with Crippen molar-refractivity contribution in [2.75, 3.05) is 6.54 Å². The number of halogens is 1. The minimum Gasteiger partial charge on any atom is -0.487 e. The first-order chi connectivity index (χ1) is 15.0. The van der Waals surface area contributed by atoms with Crippen LogP contribution < -0.4 is 10.1 Å². The summed E-state index contributed by atoms with van der Waals surface area (Å²) in [5.74, 6) is 0.0564. The highest BCUT2D eigenvalue weighted by Gasteiger charge is 2.45. The van der Waals surface area contributed by atoms with Gasteiger partial charge in [0.2, 0.25) is 0 Å². The Morgan fingerprint density at radius 1 is 1.29 bits per heavy atom. The van der Waals surface area contributed by atoms with E-state index in [-0.39, 0.29) is 6.42 Å². The molecule has 3 N–H and O–H groups in total. The molecule has 0 spiro atoms. The molecule has 1 aliphatic heterocycles. The number of aliphatic hydroxyl groups excluding tert-OH is 2. The molecule has 2 aromatic heterocycles. The van der Waals surface area contributed by atoms with Gasteiger partial charge in [0.25, 0.3) is 0 Å². The van der Waals surface area contributed by atoms with E-state index in [1.54, 1.807) is 17.6 Å². The van der Waals surface area contributed by atoms with E-state index in [1.165, 1.54) is 12.5 Å². The van der Waals surface area contributed by atoms with Crippen LogP contribution in [-0.4, -0.2) is 49.6 Å². The zero-order chi connectivity index (χ0) is 21.7. The van der Waals surface area contributed by atoms with E-state index in [0.29, 0.717) is 34.6 Å². The van der Waals surface area contributed by atoms with Crippen molar-refractivity contribution in [2.45, 2.75) is 50.7 Å². The van der Waals surface area contributed by atoms with E-state index >= 15 is 0 Å². The molecule has 1 fully saturated rings. The third-order valence-corrected chi connectivity index (χ3v) is 6.29. The van der Waals surface area contributed by atoms with Gasteiger partial charge in [0.1, 0.15) is 36.0 Å². The number of aryl methyl sites for hydroxylation is 1. The van der Waals surface area contributed by atoms with E-state index < -0.39 is 30.2 Å². The number of rotatable bonds is 3. The molecule has 0 amide bonds. The maximum Gasteiger partial charge on any atom is 0.152 e. The van der Waals surface area contributed by atoms with Crippen molar-refractivity contribution in [2.24, 2.45) is 0 Å². The van der Waals surface area contributed by atoms with Crippen LogP contribution in [0.15, 0.2) is 24.7 Å². The number of benzene rings is 1. The fraction of sp³-hybridized carbons (Fsp3) is 0.409. The van der Waals surface area contributed by atoms with Gasteiger partial charge in [0.15, 0.2) is 5.82 Å². The van der Waals surface area contributed by atoms with E-state index in [2.05, 4.69) is 21.4 Å². The number of fused-ring (bicyclic) bond motifs is 2. The van der Waals surface area contributed by atoms with Crippen molar-refractivity contribution in [3.05, 3.63) is 52.9 Å². The minimum atomic E-state index is -1.17. The van der Waals surface area contributed by atoms with Gasteiger partial charge in [-0.05, 0) is 37.6 Å². The molecule has 1 aromatic carbocycles. The number of hydrogen-bond acceptors (Lipinski definition) is 7. The summed E-state index contributed by atoms with van der Waals surface area (Å²) in [6, 6.07) is 5.07. The lowest BCUT2D eigenvalue weighted by molar-refractivity contribution is -0.0166. The lowest BCUT2D eigenvalue weighted by atomic mass is 9.97. The van der Waals surface area contributed by atoms with Crippen molar-refractivity contribution in [1.82, 2.24) is 19.9 Å². The fourth-order valence-electron chi connectivity index (χ4n) is 4.69. The maximum absolute atomic E-state index is 14.5.